The topological polar surface area (TPSA) is 29.9 Å². The molecule has 1 unspecified atom stereocenters. The molecule has 2 aromatic heterocycles. The van der Waals surface area contributed by atoms with Gasteiger partial charge in [0.15, 0.2) is 0 Å². The molecular weight excluding hydrogens is 206 g/mol. The first-order valence-electron chi connectivity index (χ1n) is 5.16. The summed E-state index contributed by atoms with van der Waals surface area (Å²) >= 11 is 1.75. The van der Waals surface area contributed by atoms with Crippen LogP contribution in [0.2, 0.25) is 0 Å². The number of hydrogen-bond acceptors (Lipinski definition) is 3. The van der Waals surface area contributed by atoms with Crippen molar-refractivity contribution in [2.75, 3.05) is 11.9 Å². The molecule has 78 valence electrons. The fraction of sp³-hybridized carbons (Fsp3) is 0.364. The van der Waals surface area contributed by atoms with E-state index >= 15 is 0 Å². The van der Waals surface area contributed by atoms with Crippen LogP contribution >= 0.6 is 11.3 Å². The van der Waals surface area contributed by atoms with E-state index in [1.165, 1.54) is 16.9 Å². The number of thiophene rings is 1. The van der Waals surface area contributed by atoms with Crippen molar-refractivity contribution in [1.29, 1.82) is 0 Å². The summed E-state index contributed by atoms with van der Waals surface area (Å²) in [6, 6.07) is 2.61. The van der Waals surface area contributed by atoms with Crippen LogP contribution in [-0.2, 0) is 0 Å². The first-order chi connectivity index (χ1) is 7.36. The van der Waals surface area contributed by atoms with Crippen molar-refractivity contribution in [2.45, 2.75) is 19.4 Å². The fourth-order valence-corrected chi connectivity index (χ4v) is 2.83. The van der Waals surface area contributed by atoms with E-state index in [1.54, 1.807) is 11.3 Å². The van der Waals surface area contributed by atoms with Crippen molar-refractivity contribution in [2.24, 2.45) is 0 Å². The minimum absolute atomic E-state index is 0.418. The molecule has 0 bridgehead atoms. The number of aromatic nitrogens is 2. The molecule has 3 heterocycles. The molecule has 0 amide bonds. The number of aryl methyl sites for hydroxylation is 1. The van der Waals surface area contributed by atoms with Gasteiger partial charge in [0, 0.05) is 12.1 Å². The highest BCUT2D eigenvalue weighted by atomic mass is 32.1. The van der Waals surface area contributed by atoms with Gasteiger partial charge < -0.3 is 5.32 Å². The number of fused-ring (bicyclic) bond motifs is 1. The van der Waals surface area contributed by atoms with Crippen LogP contribution in [0.1, 0.15) is 23.6 Å². The van der Waals surface area contributed by atoms with E-state index in [1.807, 2.05) is 6.20 Å². The molecule has 15 heavy (non-hydrogen) atoms. The Morgan fingerprint density at radius 1 is 1.60 bits per heavy atom. The Morgan fingerprint density at radius 2 is 2.53 bits per heavy atom. The van der Waals surface area contributed by atoms with E-state index in [2.05, 4.69) is 38.8 Å². The van der Waals surface area contributed by atoms with Crippen LogP contribution < -0.4 is 5.32 Å². The second-order valence-corrected chi connectivity index (χ2v) is 4.69. The van der Waals surface area contributed by atoms with E-state index in [0.29, 0.717) is 6.04 Å². The number of nitrogens with one attached hydrogen (secondary N) is 1. The standard InChI is InChI=1S/C11H13N3S/c1-8-6-13-14-10(2-4-12-11(8)14)9-3-5-15-7-9/h3,5-7,10,12H,2,4H2,1H3. The largest absolute Gasteiger partial charge is 0.370 e. The Morgan fingerprint density at radius 3 is 3.33 bits per heavy atom. The van der Waals surface area contributed by atoms with Gasteiger partial charge in [0.1, 0.15) is 5.82 Å². The molecule has 1 aliphatic rings. The highest BCUT2D eigenvalue weighted by molar-refractivity contribution is 7.07. The smallest absolute Gasteiger partial charge is 0.127 e. The summed E-state index contributed by atoms with van der Waals surface area (Å²) in [6.45, 7) is 3.13. The lowest BCUT2D eigenvalue weighted by Gasteiger charge is -2.25. The molecule has 3 rings (SSSR count). The summed E-state index contributed by atoms with van der Waals surface area (Å²) in [5, 5.41) is 12.2. The lowest BCUT2D eigenvalue weighted by molar-refractivity contribution is 0.483. The zero-order valence-corrected chi connectivity index (χ0v) is 9.42. The van der Waals surface area contributed by atoms with Crippen LogP contribution in [-0.4, -0.2) is 16.3 Å². The van der Waals surface area contributed by atoms with Gasteiger partial charge in [-0.3, -0.25) is 0 Å². The van der Waals surface area contributed by atoms with Gasteiger partial charge in [-0.15, -0.1) is 0 Å². The second kappa shape index (κ2) is 3.38. The van der Waals surface area contributed by atoms with E-state index in [-0.39, 0.29) is 0 Å². The molecule has 0 saturated carbocycles. The number of nitrogens with zero attached hydrogens (tertiary/aromatic N) is 2. The summed E-state index contributed by atoms with van der Waals surface area (Å²) in [4.78, 5) is 0. The lowest BCUT2D eigenvalue weighted by atomic mass is 10.1. The van der Waals surface area contributed by atoms with Crippen molar-refractivity contribution in [3.8, 4) is 0 Å². The highest BCUT2D eigenvalue weighted by Gasteiger charge is 2.23. The molecule has 0 saturated heterocycles. The number of rotatable bonds is 1. The third kappa shape index (κ3) is 1.36. The predicted molar refractivity (Wildman–Crippen MR) is 62.5 cm³/mol. The van der Waals surface area contributed by atoms with Crippen LogP contribution in [0.3, 0.4) is 0 Å². The first-order valence-corrected chi connectivity index (χ1v) is 6.10. The van der Waals surface area contributed by atoms with E-state index in [0.717, 1.165) is 13.0 Å². The Bertz CT molecular complexity index is 458. The molecule has 1 atom stereocenters. The summed E-state index contributed by atoms with van der Waals surface area (Å²) < 4.78 is 2.11. The third-order valence-corrected chi connectivity index (χ3v) is 3.61. The van der Waals surface area contributed by atoms with E-state index < -0.39 is 0 Å². The zero-order chi connectivity index (χ0) is 10.3. The highest BCUT2D eigenvalue weighted by Crippen LogP contribution is 2.31. The minimum Gasteiger partial charge on any atom is -0.370 e. The summed E-state index contributed by atoms with van der Waals surface area (Å²) in [5.41, 5.74) is 2.61. The van der Waals surface area contributed by atoms with E-state index in [9.17, 15) is 0 Å². The lowest BCUT2D eigenvalue weighted by Crippen LogP contribution is -2.24. The van der Waals surface area contributed by atoms with Crippen molar-refractivity contribution in [3.63, 3.8) is 0 Å². The SMILES string of the molecule is Cc1cnn2c1NCCC2c1ccsc1. The maximum atomic E-state index is 4.45. The molecule has 0 spiro atoms. The van der Waals surface area contributed by atoms with Crippen molar-refractivity contribution in [3.05, 3.63) is 34.2 Å². The van der Waals surface area contributed by atoms with Gasteiger partial charge in [0.25, 0.3) is 0 Å². The Labute approximate surface area is 92.7 Å². The molecule has 1 aliphatic heterocycles. The van der Waals surface area contributed by atoms with Crippen LogP contribution in [0.25, 0.3) is 0 Å². The van der Waals surface area contributed by atoms with E-state index in [4.69, 9.17) is 0 Å². The van der Waals surface area contributed by atoms with Crippen LogP contribution in [0.4, 0.5) is 5.82 Å². The predicted octanol–water partition coefficient (Wildman–Crippen LogP) is 2.66. The average molecular weight is 219 g/mol. The van der Waals surface area contributed by atoms with Gasteiger partial charge in [-0.25, -0.2) is 4.68 Å². The van der Waals surface area contributed by atoms with Gasteiger partial charge in [0.05, 0.1) is 12.2 Å². The molecule has 0 aromatic carbocycles. The quantitative estimate of drug-likeness (QED) is 0.799. The van der Waals surface area contributed by atoms with Gasteiger partial charge in [-0.05, 0) is 35.7 Å². The Balaban J connectivity index is 2.07. The monoisotopic (exact) mass is 219 g/mol. The number of hydrogen-bond donors (Lipinski definition) is 1. The summed E-state index contributed by atoms with van der Waals surface area (Å²) in [6.07, 6.45) is 3.05. The zero-order valence-electron chi connectivity index (χ0n) is 8.60. The maximum absolute atomic E-state index is 4.45. The molecule has 2 aromatic rings. The van der Waals surface area contributed by atoms with Gasteiger partial charge >= 0.3 is 0 Å². The molecule has 0 aliphatic carbocycles. The maximum Gasteiger partial charge on any atom is 0.127 e. The van der Waals surface area contributed by atoms with Crippen molar-refractivity contribution >= 4 is 17.2 Å². The molecule has 0 radical (unpaired) electrons. The Hall–Kier alpha value is -1.29. The summed E-state index contributed by atoms with van der Waals surface area (Å²) in [5.74, 6) is 1.18. The van der Waals surface area contributed by atoms with Crippen LogP contribution in [0.5, 0.6) is 0 Å². The van der Waals surface area contributed by atoms with Gasteiger partial charge in [-0.2, -0.15) is 16.4 Å². The Kier molecular flexibility index (Phi) is 2.02. The van der Waals surface area contributed by atoms with Crippen LogP contribution in [0.15, 0.2) is 23.0 Å². The van der Waals surface area contributed by atoms with Crippen molar-refractivity contribution in [1.82, 2.24) is 9.78 Å². The molecule has 4 heteroatoms. The summed E-state index contributed by atoms with van der Waals surface area (Å²) in [7, 11) is 0. The molecular formula is C11H13N3S. The second-order valence-electron chi connectivity index (χ2n) is 3.91. The fourth-order valence-electron chi connectivity index (χ4n) is 2.13. The van der Waals surface area contributed by atoms with Gasteiger partial charge in [0.2, 0.25) is 0 Å². The van der Waals surface area contributed by atoms with Crippen molar-refractivity contribution < 1.29 is 0 Å². The van der Waals surface area contributed by atoms with Gasteiger partial charge in [-0.1, -0.05) is 0 Å². The number of anilines is 1. The molecule has 1 N–H and O–H groups in total. The van der Waals surface area contributed by atoms with Crippen LogP contribution in [0, 0.1) is 6.92 Å². The average Bonchev–Trinajstić information content (AvgIpc) is 2.88. The normalized spacial score (nSPS) is 19.7. The first kappa shape index (κ1) is 8.97. The molecule has 0 fully saturated rings. The molecule has 3 nitrogen and oxygen atoms in total. The minimum atomic E-state index is 0.418. The third-order valence-electron chi connectivity index (χ3n) is 2.91.